The summed E-state index contributed by atoms with van der Waals surface area (Å²) in [5, 5.41) is 4.88. The summed E-state index contributed by atoms with van der Waals surface area (Å²) in [7, 11) is 1.70. The van der Waals surface area contributed by atoms with E-state index in [-0.39, 0.29) is 25.1 Å². The summed E-state index contributed by atoms with van der Waals surface area (Å²) >= 11 is 0. The number of furan rings is 1. The summed E-state index contributed by atoms with van der Waals surface area (Å²) in [6, 6.07) is 2.98. The van der Waals surface area contributed by atoms with E-state index in [2.05, 4.69) is 10.6 Å². The Kier molecular flexibility index (Phi) is 5.77. The highest BCUT2D eigenvalue weighted by atomic mass is 16.5. The zero-order valence-electron chi connectivity index (χ0n) is 12.1. The summed E-state index contributed by atoms with van der Waals surface area (Å²) < 4.78 is 10.4. The topological polar surface area (TPSA) is 83.8 Å². The molecule has 1 aliphatic rings. The van der Waals surface area contributed by atoms with Crippen molar-refractivity contribution in [2.75, 3.05) is 26.7 Å². The van der Waals surface area contributed by atoms with Crippen LogP contribution in [0.4, 0.5) is 4.79 Å². The third-order valence-corrected chi connectivity index (χ3v) is 3.49. The van der Waals surface area contributed by atoms with E-state index in [1.807, 2.05) is 4.90 Å². The van der Waals surface area contributed by atoms with Gasteiger partial charge < -0.3 is 14.5 Å². The molecule has 0 spiro atoms. The molecule has 2 N–H and O–H groups in total. The van der Waals surface area contributed by atoms with Gasteiger partial charge in [0, 0.05) is 20.2 Å². The highest BCUT2D eigenvalue weighted by molar-refractivity contribution is 5.95. The van der Waals surface area contributed by atoms with Gasteiger partial charge in [-0.15, -0.1) is 0 Å². The molecular formula is C14H21N3O4. The first-order chi connectivity index (χ1) is 10.2. The molecule has 0 aliphatic carbocycles. The van der Waals surface area contributed by atoms with E-state index in [9.17, 15) is 9.59 Å². The largest absolute Gasteiger partial charge is 0.467 e. The molecule has 1 saturated heterocycles. The van der Waals surface area contributed by atoms with Crippen molar-refractivity contribution in [1.82, 2.24) is 15.5 Å². The van der Waals surface area contributed by atoms with Gasteiger partial charge >= 0.3 is 6.03 Å². The van der Waals surface area contributed by atoms with Gasteiger partial charge in [0.25, 0.3) is 0 Å². The molecule has 0 unspecified atom stereocenters. The lowest BCUT2D eigenvalue weighted by Crippen LogP contribution is -2.46. The fourth-order valence-electron chi connectivity index (χ4n) is 2.30. The van der Waals surface area contributed by atoms with Crippen LogP contribution in [0, 0.1) is 0 Å². The number of carbonyl (C=O) groups excluding carboxylic acids is 2. The molecule has 1 aromatic rings. The van der Waals surface area contributed by atoms with Gasteiger partial charge in [0.2, 0.25) is 5.91 Å². The van der Waals surface area contributed by atoms with Crippen LogP contribution in [-0.2, 0) is 16.1 Å². The number of methoxy groups -OCH3 is 1. The van der Waals surface area contributed by atoms with Gasteiger partial charge in [-0.2, -0.15) is 0 Å². The normalized spacial score (nSPS) is 16.6. The fourth-order valence-corrected chi connectivity index (χ4v) is 2.30. The Labute approximate surface area is 123 Å². The molecule has 1 aliphatic heterocycles. The van der Waals surface area contributed by atoms with Crippen LogP contribution in [0.5, 0.6) is 0 Å². The first-order valence-corrected chi connectivity index (χ1v) is 7.02. The number of likely N-dealkylation sites (tertiary alicyclic amines) is 1. The van der Waals surface area contributed by atoms with Crippen molar-refractivity contribution in [1.29, 1.82) is 0 Å². The second-order valence-corrected chi connectivity index (χ2v) is 5.02. The quantitative estimate of drug-likeness (QED) is 0.836. The SMILES string of the molecule is COC1CCN(CC(=O)NC(=O)NCc2ccco2)CC1. The van der Waals surface area contributed by atoms with E-state index in [1.54, 1.807) is 19.2 Å². The van der Waals surface area contributed by atoms with Gasteiger partial charge in [-0.1, -0.05) is 0 Å². The second-order valence-electron chi connectivity index (χ2n) is 5.02. The van der Waals surface area contributed by atoms with Gasteiger partial charge in [0.15, 0.2) is 0 Å². The number of nitrogens with one attached hydrogen (secondary N) is 2. The molecular weight excluding hydrogens is 274 g/mol. The minimum atomic E-state index is -0.511. The first-order valence-electron chi connectivity index (χ1n) is 7.02. The minimum Gasteiger partial charge on any atom is -0.467 e. The Bertz CT molecular complexity index is 453. The number of hydrogen-bond acceptors (Lipinski definition) is 5. The zero-order chi connectivity index (χ0) is 15.1. The van der Waals surface area contributed by atoms with E-state index in [0.717, 1.165) is 25.9 Å². The monoisotopic (exact) mass is 295 g/mol. The van der Waals surface area contributed by atoms with Crippen LogP contribution in [-0.4, -0.2) is 49.7 Å². The first kappa shape index (κ1) is 15.5. The number of nitrogens with zero attached hydrogens (tertiary/aromatic N) is 1. The summed E-state index contributed by atoms with van der Waals surface area (Å²) in [5.74, 6) is 0.335. The average molecular weight is 295 g/mol. The fraction of sp³-hybridized carbons (Fsp3) is 0.571. The number of carbonyl (C=O) groups is 2. The molecule has 21 heavy (non-hydrogen) atoms. The number of piperidine rings is 1. The maximum Gasteiger partial charge on any atom is 0.321 e. The van der Waals surface area contributed by atoms with Gasteiger partial charge in [-0.05, 0) is 25.0 Å². The van der Waals surface area contributed by atoms with Gasteiger partial charge in [0.1, 0.15) is 5.76 Å². The predicted octanol–water partition coefficient (Wildman–Crippen LogP) is 0.716. The molecule has 1 fully saturated rings. The zero-order valence-corrected chi connectivity index (χ0v) is 12.1. The van der Waals surface area contributed by atoms with E-state index < -0.39 is 6.03 Å². The van der Waals surface area contributed by atoms with Crippen LogP contribution in [0.3, 0.4) is 0 Å². The van der Waals surface area contributed by atoms with Crippen LogP contribution < -0.4 is 10.6 Å². The molecule has 1 aromatic heterocycles. The molecule has 7 heteroatoms. The lowest BCUT2D eigenvalue weighted by molar-refractivity contribution is -0.121. The van der Waals surface area contributed by atoms with E-state index in [0.29, 0.717) is 5.76 Å². The van der Waals surface area contributed by atoms with Gasteiger partial charge in [-0.25, -0.2) is 4.79 Å². The smallest absolute Gasteiger partial charge is 0.321 e. The van der Waals surface area contributed by atoms with Crippen LogP contribution in [0.25, 0.3) is 0 Å². The van der Waals surface area contributed by atoms with Crippen LogP contribution in [0.15, 0.2) is 22.8 Å². The summed E-state index contributed by atoms with van der Waals surface area (Å²) in [4.78, 5) is 25.3. The van der Waals surface area contributed by atoms with Gasteiger partial charge in [0.05, 0.1) is 25.5 Å². The molecule has 0 saturated carbocycles. The highest BCUT2D eigenvalue weighted by Gasteiger charge is 2.20. The predicted molar refractivity (Wildman–Crippen MR) is 75.6 cm³/mol. The maximum atomic E-state index is 11.8. The van der Waals surface area contributed by atoms with E-state index in [1.165, 1.54) is 6.26 Å². The third-order valence-electron chi connectivity index (χ3n) is 3.49. The van der Waals surface area contributed by atoms with Gasteiger partial charge in [-0.3, -0.25) is 15.0 Å². The molecule has 116 valence electrons. The average Bonchev–Trinajstić information content (AvgIpc) is 2.99. The maximum absolute atomic E-state index is 11.8. The lowest BCUT2D eigenvalue weighted by atomic mass is 10.1. The minimum absolute atomic E-state index is 0.227. The number of rotatable bonds is 5. The molecule has 0 bridgehead atoms. The Balaban J connectivity index is 1.63. The Morgan fingerprint density at radius 1 is 1.43 bits per heavy atom. The number of imide groups is 1. The lowest BCUT2D eigenvalue weighted by Gasteiger charge is -2.30. The van der Waals surface area contributed by atoms with E-state index in [4.69, 9.17) is 9.15 Å². The highest BCUT2D eigenvalue weighted by Crippen LogP contribution is 2.12. The Morgan fingerprint density at radius 3 is 2.81 bits per heavy atom. The van der Waals surface area contributed by atoms with Crippen LogP contribution in [0.1, 0.15) is 18.6 Å². The molecule has 2 rings (SSSR count). The van der Waals surface area contributed by atoms with Crippen LogP contribution >= 0.6 is 0 Å². The Hall–Kier alpha value is -1.86. The molecule has 0 aromatic carbocycles. The molecule has 0 radical (unpaired) electrons. The summed E-state index contributed by atoms with van der Waals surface area (Å²) in [6.45, 7) is 2.09. The standard InChI is InChI=1S/C14H21N3O4/c1-20-11-4-6-17(7-5-11)10-13(18)16-14(19)15-9-12-3-2-8-21-12/h2-3,8,11H,4-7,9-10H2,1H3,(H2,15,16,18,19). The number of amides is 3. The number of ether oxygens (including phenoxy) is 1. The van der Waals surface area contributed by atoms with Crippen molar-refractivity contribution in [2.45, 2.75) is 25.5 Å². The second kappa shape index (κ2) is 7.80. The molecule has 7 nitrogen and oxygen atoms in total. The summed E-state index contributed by atoms with van der Waals surface area (Å²) in [6.07, 6.45) is 3.63. The van der Waals surface area contributed by atoms with Crippen LogP contribution in [0.2, 0.25) is 0 Å². The molecule has 3 amide bonds. The number of urea groups is 1. The molecule has 0 atom stereocenters. The van der Waals surface area contributed by atoms with Crippen molar-refractivity contribution < 1.29 is 18.7 Å². The van der Waals surface area contributed by atoms with Crippen molar-refractivity contribution in [3.8, 4) is 0 Å². The molecule has 2 heterocycles. The Morgan fingerprint density at radius 2 is 2.19 bits per heavy atom. The van der Waals surface area contributed by atoms with Crippen molar-refractivity contribution in [2.24, 2.45) is 0 Å². The van der Waals surface area contributed by atoms with Crippen molar-refractivity contribution in [3.05, 3.63) is 24.2 Å². The third kappa shape index (κ3) is 5.20. The van der Waals surface area contributed by atoms with Crippen molar-refractivity contribution in [3.63, 3.8) is 0 Å². The van der Waals surface area contributed by atoms with E-state index >= 15 is 0 Å². The summed E-state index contributed by atoms with van der Waals surface area (Å²) in [5.41, 5.74) is 0. The number of hydrogen-bond donors (Lipinski definition) is 2. The van der Waals surface area contributed by atoms with Crippen molar-refractivity contribution >= 4 is 11.9 Å².